The van der Waals surface area contributed by atoms with Crippen LogP contribution in [0, 0.1) is 0 Å². The summed E-state index contributed by atoms with van der Waals surface area (Å²) in [5.41, 5.74) is 0.255. The Bertz CT molecular complexity index is 781. The van der Waals surface area contributed by atoms with Gasteiger partial charge >= 0.3 is 0 Å². The normalized spacial score (nSPS) is 11.5. The molecule has 0 saturated heterocycles. The van der Waals surface area contributed by atoms with Crippen LogP contribution >= 0.6 is 0 Å². The van der Waals surface area contributed by atoms with Crippen LogP contribution in [0.15, 0.2) is 40.4 Å². The molecule has 2 heterocycles. The minimum atomic E-state index is -3.42. The largest absolute Gasteiger partial charge is 0.300 e. The molecule has 0 aromatic carbocycles. The van der Waals surface area contributed by atoms with Crippen molar-refractivity contribution in [2.45, 2.75) is 25.3 Å². The minimum absolute atomic E-state index is 0.0300. The second-order valence-electron chi connectivity index (χ2n) is 4.15. The van der Waals surface area contributed by atoms with Crippen LogP contribution in [0.3, 0.4) is 0 Å². The summed E-state index contributed by atoms with van der Waals surface area (Å²) in [6.07, 6.45) is 2.88. The lowest BCUT2D eigenvalue weighted by molar-refractivity contribution is 0.597. The first-order valence-corrected chi connectivity index (χ1v) is 7.89. The Morgan fingerprint density at radius 1 is 1.25 bits per heavy atom. The molecule has 0 aliphatic rings. The molecule has 2 aromatic heterocycles. The smallest absolute Gasteiger partial charge is 0.253 e. The van der Waals surface area contributed by atoms with E-state index in [2.05, 4.69) is 9.97 Å². The standard InChI is InChI=1S/C13H15N3O3S/c1-3-16-9-15-10(8-12(16)17)13-11(6-5-7-14-13)20(18,19)4-2/h5-9H,3-4H2,1-2H3. The predicted octanol–water partition coefficient (Wildman–Crippen LogP) is 1.12. The minimum Gasteiger partial charge on any atom is -0.300 e. The van der Waals surface area contributed by atoms with E-state index in [0.29, 0.717) is 6.54 Å². The molecule has 0 fully saturated rings. The van der Waals surface area contributed by atoms with Gasteiger partial charge in [0.05, 0.1) is 22.7 Å². The number of aryl methyl sites for hydroxylation is 1. The molecule has 0 bridgehead atoms. The topological polar surface area (TPSA) is 81.9 Å². The Labute approximate surface area is 117 Å². The van der Waals surface area contributed by atoms with Gasteiger partial charge in [-0.1, -0.05) is 6.92 Å². The van der Waals surface area contributed by atoms with Gasteiger partial charge in [0, 0.05) is 18.8 Å². The van der Waals surface area contributed by atoms with E-state index in [4.69, 9.17) is 0 Å². The van der Waals surface area contributed by atoms with Gasteiger partial charge in [0.1, 0.15) is 5.69 Å². The first-order valence-electron chi connectivity index (χ1n) is 6.24. The van der Waals surface area contributed by atoms with Crippen molar-refractivity contribution in [2.75, 3.05) is 5.75 Å². The molecule has 20 heavy (non-hydrogen) atoms. The fourth-order valence-electron chi connectivity index (χ4n) is 1.78. The van der Waals surface area contributed by atoms with Gasteiger partial charge in [0.15, 0.2) is 9.84 Å². The molecule has 106 valence electrons. The van der Waals surface area contributed by atoms with Crippen molar-refractivity contribution in [2.24, 2.45) is 0 Å². The van der Waals surface area contributed by atoms with E-state index >= 15 is 0 Å². The number of hydrogen-bond donors (Lipinski definition) is 0. The number of sulfone groups is 1. The highest BCUT2D eigenvalue weighted by atomic mass is 32.2. The Morgan fingerprint density at radius 2 is 2.00 bits per heavy atom. The lowest BCUT2D eigenvalue weighted by Gasteiger charge is -2.08. The van der Waals surface area contributed by atoms with Crippen LogP contribution in [0.4, 0.5) is 0 Å². The van der Waals surface area contributed by atoms with E-state index in [9.17, 15) is 13.2 Å². The Balaban J connectivity index is 2.65. The summed E-state index contributed by atoms with van der Waals surface area (Å²) < 4.78 is 25.5. The van der Waals surface area contributed by atoms with E-state index in [1.165, 1.54) is 29.2 Å². The van der Waals surface area contributed by atoms with Gasteiger partial charge in [0.25, 0.3) is 5.56 Å². The maximum absolute atomic E-state index is 12.1. The van der Waals surface area contributed by atoms with Crippen molar-refractivity contribution >= 4 is 9.84 Å². The molecule has 0 saturated carbocycles. The van der Waals surface area contributed by atoms with Crippen LogP contribution in [0.1, 0.15) is 13.8 Å². The van der Waals surface area contributed by atoms with Gasteiger partial charge in [-0.15, -0.1) is 0 Å². The van der Waals surface area contributed by atoms with Gasteiger partial charge in [0.2, 0.25) is 0 Å². The second-order valence-corrected chi connectivity index (χ2v) is 6.40. The SMILES string of the molecule is CCn1cnc(-c2ncccc2S(=O)(=O)CC)cc1=O. The third-order valence-electron chi connectivity index (χ3n) is 2.95. The number of nitrogens with zero attached hydrogens (tertiary/aromatic N) is 3. The summed E-state index contributed by atoms with van der Waals surface area (Å²) in [4.78, 5) is 20.1. The van der Waals surface area contributed by atoms with Gasteiger partial charge in [-0.25, -0.2) is 13.4 Å². The van der Waals surface area contributed by atoms with Crippen molar-refractivity contribution in [3.63, 3.8) is 0 Å². The van der Waals surface area contributed by atoms with Crippen molar-refractivity contribution < 1.29 is 8.42 Å². The average molecular weight is 293 g/mol. The van der Waals surface area contributed by atoms with E-state index in [-0.39, 0.29) is 27.6 Å². The fraction of sp³-hybridized carbons (Fsp3) is 0.308. The monoisotopic (exact) mass is 293 g/mol. The molecule has 0 unspecified atom stereocenters. The highest BCUT2D eigenvalue weighted by molar-refractivity contribution is 7.91. The molecule has 2 aromatic rings. The third kappa shape index (κ3) is 2.62. The van der Waals surface area contributed by atoms with Crippen LogP contribution < -0.4 is 5.56 Å². The highest BCUT2D eigenvalue weighted by Gasteiger charge is 2.19. The lowest BCUT2D eigenvalue weighted by atomic mass is 10.2. The van der Waals surface area contributed by atoms with Gasteiger partial charge in [-0.3, -0.25) is 14.3 Å². The van der Waals surface area contributed by atoms with Crippen LogP contribution in [0.5, 0.6) is 0 Å². The summed E-state index contributed by atoms with van der Waals surface area (Å²) in [5, 5.41) is 0. The number of hydrogen-bond acceptors (Lipinski definition) is 5. The quantitative estimate of drug-likeness (QED) is 0.843. The maximum atomic E-state index is 12.1. The maximum Gasteiger partial charge on any atom is 0.253 e. The average Bonchev–Trinajstić information content (AvgIpc) is 2.47. The van der Waals surface area contributed by atoms with E-state index in [0.717, 1.165) is 0 Å². The molecular formula is C13H15N3O3S. The first-order chi connectivity index (χ1) is 9.49. The molecule has 6 nitrogen and oxygen atoms in total. The summed E-state index contributed by atoms with van der Waals surface area (Å²) >= 11 is 0. The number of rotatable bonds is 4. The van der Waals surface area contributed by atoms with Crippen LogP contribution in [0.2, 0.25) is 0 Å². The van der Waals surface area contributed by atoms with E-state index in [1.54, 1.807) is 13.0 Å². The molecule has 0 radical (unpaired) electrons. The zero-order valence-corrected chi connectivity index (χ0v) is 12.1. The number of aromatic nitrogens is 3. The summed E-state index contributed by atoms with van der Waals surface area (Å²) in [7, 11) is -3.42. The van der Waals surface area contributed by atoms with Crippen molar-refractivity contribution in [1.29, 1.82) is 0 Å². The van der Waals surface area contributed by atoms with E-state index < -0.39 is 9.84 Å². The fourth-order valence-corrected chi connectivity index (χ4v) is 2.83. The van der Waals surface area contributed by atoms with Crippen LogP contribution in [0.25, 0.3) is 11.4 Å². The molecule has 0 spiro atoms. The molecule has 2 rings (SSSR count). The summed E-state index contributed by atoms with van der Waals surface area (Å²) in [6, 6.07) is 4.34. The van der Waals surface area contributed by atoms with Crippen molar-refractivity contribution in [3.8, 4) is 11.4 Å². The van der Waals surface area contributed by atoms with Crippen LogP contribution in [-0.2, 0) is 16.4 Å². The molecule has 0 aliphatic carbocycles. The molecule has 0 amide bonds. The molecular weight excluding hydrogens is 278 g/mol. The Morgan fingerprint density at radius 3 is 2.60 bits per heavy atom. The van der Waals surface area contributed by atoms with Gasteiger partial charge in [-0.05, 0) is 19.1 Å². The Hall–Kier alpha value is -2.02. The van der Waals surface area contributed by atoms with Gasteiger partial charge < -0.3 is 0 Å². The lowest BCUT2D eigenvalue weighted by Crippen LogP contribution is -2.19. The first kappa shape index (κ1) is 14.4. The van der Waals surface area contributed by atoms with Crippen molar-refractivity contribution in [1.82, 2.24) is 14.5 Å². The third-order valence-corrected chi connectivity index (χ3v) is 4.71. The van der Waals surface area contributed by atoms with Crippen LogP contribution in [-0.4, -0.2) is 28.7 Å². The summed E-state index contributed by atoms with van der Waals surface area (Å²) in [5.74, 6) is -0.0300. The zero-order valence-electron chi connectivity index (χ0n) is 11.3. The van der Waals surface area contributed by atoms with Crippen molar-refractivity contribution in [3.05, 3.63) is 41.1 Å². The number of pyridine rings is 1. The molecule has 0 N–H and O–H groups in total. The molecule has 7 heteroatoms. The molecule has 0 aliphatic heterocycles. The second kappa shape index (κ2) is 5.54. The predicted molar refractivity (Wildman–Crippen MR) is 75.1 cm³/mol. The summed E-state index contributed by atoms with van der Waals surface area (Å²) in [6.45, 7) is 3.90. The van der Waals surface area contributed by atoms with E-state index in [1.807, 2.05) is 6.92 Å². The Kier molecular flexibility index (Phi) is 3.99. The highest BCUT2D eigenvalue weighted by Crippen LogP contribution is 2.23. The zero-order chi connectivity index (χ0) is 14.8. The molecule has 0 atom stereocenters. The van der Waals surface area contributed by atoms with Gasteiger partial charge in [-0.2, -0.15) is 0 Å².